The van der Waals surface area contributed by atoms with E-state index >= 15 is 0 Å². The summed E-state index contributed by atoms with van der Waals surface area (Å²) in [4.78, 5) is 0. The smallest absolute Gasteiger partial charge is 0.0580 e. The lowest BCUT2D eigenvalue weighted by Crippen LogP contribution is -2.25. The van der Waals surface area contributed by atoms with Crippen LogP contribution in [0.15, 0.2) is 36.4 Å². The summed E-state index contributed by atoms with van der Waals surface area (Å²) in [6, 6.07) is 13.3. The van der Waals surface area contributed by atoms with Gasteiger partial charge in [0.2, 0.25) is 0 Å². The highest BCUT2D eigenvalue weighted by atomic mass is 127. The highest BCUT2D eigenvalue weighted by Gasteiger charge is 2.38. The number of benzene rings is 2. The van der Waals surface area contributed by atoms with Crippen molar-refractivity contribution in [3.8, 4) is 0 Å². The average Bonchev–Trinajstić information content (AvgIpc) is 2.43. The molecule has 3 aliphatic rings. The minimum Gasteiger partial charge on any atom is -0.0828 e. The van der Waals surface area contributed by atoms with Crippen molar-refractivity contribution >= 4 is 34.2 Å². The lowest BCUT2D eigenvalue weighted by atomic mass is 9.64. The molecule has 0 aliphatic heterocycles. The van der Waals surface area contributed by atoms with Gasteiger partial charge >= 0.3 is 0 Å². The predicted octanol–water partition coefficient (Wildman–Crippen LogP) is 5.32. The largest absolute Gasteiger partial charge is 0.0828 e. The Hall–Kier alpha value is -0.540. The van der Waals surface area contributed by atoms with Crippen LogP contribution in [0.4, 0.5) is 0 Å². The van der Waals surface area contributed by atoms with Crippen LogP contribution >= 0.6 is 34.2 Å². The first-order chi connectivity index (χ1) is 8.77. The van der Waals surface area contributed by atoms with Gasteiger partial charge in [-0.05, 0) is 63.8 Å². The van der Waals surface area contributed by atoms with Crippen LogP contribution in [-0.4, -0.2) is 0 Å². The Morgan fingerprint density at radius 2 is 1.56 bits per heavy atom. The van der Waals surface area contributed by atoms with Crippen LogP contribution in [-0.2, 0) is 0 Å². The molecule has 2 aromatic carbocycles. The molecule has 0 saturated carbocycles. The minimum atomic E-state index is 0.517. The van der Waals surface area contributed by atoms with Gasteiger partial charge in [-0.2, -0.15) is 0 Å². The molecule has 18 heavy (non-hydrogen) atoms. The van der Waals surface area contributed by atoms with Crippen molar-refractivity contribution in [1.82, 2.24) is 0 Å². The number of rotatable bonds is 0. The molecule has 0 saturated heterocycles. The van der Waals surface area contributed by atoms with Crippen LogP contribution in [0.25, 0.3) is 0 Å². The van der Waals surface area contributed by atoms with E-state index in [2.05, 4.69) is 59.0 Å². The van der Waals surface area contributed by atoms with Gasteiger partial charge in [-0.1, -0.05) is 41.9 Å². The van der Waals surface area contributed by atoms with E-state index in [0.717, 1.165) is 5.02 Å². The van der Waals surface area contributed by atoms with Crippen LogP contribution in [0.5, 0.6) is 0 Å². The molecule has 2 aromatic rings. The van der Waals surface area contributed by atoms with E-state index in [-0.39, 0.29) is 0 Å². The Morgan fingerprint density at radius 3 is 2.33 bits per heavy atom. The van der Waals surface area contributed by atoms with E-state index < -0.39 is 0 Å². The molecule has 0 spiro atoms. The molecule has 5 rings (SSSR count). The number of hydrogen-bond acceptors (Lipinski definition) is 0. The molecule has 0 heterocycles. The Morgan fingerprint density at radius 1 is 0.889 bits per heavy atom. The second-order valence-electron chi connectivity index (χ2n) is 5.18. The standard InChI is InChI=1S/C16H12ClI/c17-16-14(18)8-7-13-11-5-6-12(15(13)16)10-4-2-1-3-9(10)11/h1-4,7-8,11-12H,5-6H2. The maximum absolute atomic E-state index is 6.56. The van der Waals surface area contributed by atoms with Crippen LogP contribution in [0.2, 0.25) is 5.02 Å². The van der Waals surface area contributed by atoms with Crippen LogP contribution in [0.3, 0.4) is 0 Å². The molecule has 2 atom stereocenters. The molecular weight excluding hydrogens is 355 g/mol. The lowest BCUT2D eigenvalue weighted by molar-refractivity contribution is 0.519. The summed E-state index contributed by atoms with van der Waals surface area (Å²) in [5, 5.41) is 0.984. The second-order valence-corrected chi connectivity index (χ2v) is 6.72. The average molecular weight is 367 g/mol. The van der Waals surface area contributed by atoms with Crippen molar-refractivity contribution in [3.05, 3.63) is 67.2 Å². The molecule has 0 fully saturated rings. The molecular formula is C16H12ClI. The van der Waals surface area contributed by atoms with Gasteiger partial charge in [0.15, 0.2) is 0 Å². The minimum absolute atomic E-state index is 0.517. The van der Waals surface area contributed by atoms with Gasteiger partial charge in [0.25, 0.3) is 0 Å². The van der Waals surface area contributed by atoms with Gasteiger partial charge in [0, 0.05) is 15.4 Å². The summed E-state index contributed by atoms with van der Waals surface area (Å²) >= 11 is 8.90. The lowest BCUT2D eigenvalue weighted by Gasteiger charge is -2.41. The highest BCUT2D eigenvalue weighted by Crippen LogP contribution is 2.54. The van der Waals surface area contributed by atoms with Crippen molar-refractivity contribution in [1.29, 1.82) is 0 Å². The Kier molecular flexibility index (Phi) is 2.50. The molecule has 2 unspecified atom stereocenters. The van der Waals surface area contributed by atoms with Crippen LogP contribution in [0.1, 0.15) is 46.9 Å². The number of fused-ring (bicyclic) bond motifs is 1. The van der Waals surface area contributed by atoms with Crippen molar-refractivity contribution in [2.24, 2.45) is 0 Å². The first kappa shape index (κ1) is 11.3. The Bertz CT molecular complexity index is 648. The third-order valence-electron chi connectivity index (χ3n) is 4.38. The third-order valence-corrected chi connectivity index (χ3v) is 6.01. The van der Waals surface area contributed by atoms with Crippen molar-refractivity contribution < 1.29 is 0 Å². The summed E-state index contributed by atoms with van der Waals surface area (Å²) in [6.07, 6.45) is 2.51. The van der Waals surface area contributed by atoms with E-state index in [9.17, 15) is 0 Å². The molecule has 3 aliphatic carbocycles. The first-order valence-electron chi connectivity index (χ1n) is 6.34. The van der Waals surface area contributed by atoms with Gasteiger partial charge in [0.1, 0.15) is 0 Å². The zero-order chi connectivity index (χ0) is 12.3. The number of hydrogen-bond donors (Lipinski definition) is 0. The normalized spacial score (nSPS) is 23.7. The van der Waals surface area contributed by atoms with Gasteiger partial charge < -0.3 is 0 Å². The quantitative estimate of drug-likeness (QED) is 0.554. The molecule has 0 aromatic heterocycles. The Labute approximate surface area is 126 Å². The van der Waals surface area contributed by atoms with E-state index in [4.69, 9.17) is 11.6 Å². The highest BCUT2D eigenvalue weighted by molar-refractivity contribution is 14.1. The summed E-state index contributed by atoms with van der Waals surface area (Å²) in [6.45, 7) is 0. The fourth-order valence-corrected chi connectivity index (χ4v) is 4.43. The molecule has 0 nitrogen and oxygen atoms in total. The van der Waals surface area contributed by atoms with E-state index in [1.165, 1.54) is 38.7 Å². The molecule has 0 amide bonds. The van der Waals surface area contributed by atoms with Gasteiger partial charge in [0.05, 0.1) is 5.02 Å². The molecule has 0 radical (unpaired) electrons. The van der Waals surface area contributed by atoms with Gasteiger partial charge in [-0.25, -0.2) is 0 Å². The van der Waals surface area contributed by atoms with E-state index in [1.54, 1.807) is 0 Å². The topological polar surface area (TPSA) is 0 Å². The van der Waals surface area contributed by atoms with Crippen LogP contribution in [0, 0.1) is 3.57 Å². The molecule has 2 bridgehead atoms. The summed E-state index contributed by atoms with van der Waals surface area (Å²) in [7, 11) is 0. The summed E-state index contributed by atoms with van der Waals surface area (Å²) in [5.74, 6) is 1.08. The third kappa shape index (κ3) is 1.38. The summed E-state index contributed by atoms with van der Waals surface area (Å²) < 4.78 is 1.18. The van der Waals surface area contributed by atoms with E-state index in [1.807, 2.05) is 0 Å². The monoisotopic (exact) mass is 366 g/mol. The van der Waals surface area contributed by atoms with Crippen LogP contribution < -0.4 is 0 Å². The van der Waals surface area contributed by atoms with Gasteiger partial charge in [-0.3, -0.25) is 0 Å². The Balaban J connectivity index is 2.04. The van der Waals surface area contributed by atoms with Crippen molar-refractivity contribution in [3.63, 3.8) is 0 Å². The second kappa shape index (κ2) is 3.97. The molecule has 0 N–H and O–H groups in total. The van der Waals surface area contributed by atoms with Crippen molar-refractivity contribution in [2.45, 2.75) is 24.7 Å². The zero-order valence-electron chi connectivity index (χ0n) is 9.79. The van der Waals surface area contributed by atoms with Gasteiger partial charge in [-0.15, -0.1) is 0 Å². The molecule has 2 heteroatoms. The fourth-order valence-electron chi connectivity index (χ4n) is 3.65. The fraction of sp³-hybridized carbons (Fsp3) is 0.250. The summed E-state index contributed by atoms with van der Waals surface area (Å²) in [5.41, 5.74) is 5.90. The predicted molar refractivity (Wildman–Crippen MR) is 83.5 cm³/mol. The SMILES string of the molecule is Clc1c(I)ccc2c1C1CCC2c2ccccc21. The van der Waals surface area contributed by atoms with E-state index in [0.29, 0.717) is 11.8 Å². The number of halogens is 2. The first-order valence-corrected chi connectivity index (χ1v) is 7.79. The maximum atomic E-state index is 6.56. The van der Waals surface area contributed by atoms with Crippen molar-refractivity contribution in [2.75, 3.05) is 0 Å². The molecule has 90 valence electrons. The zero-order valence-corrected chi connectivity index (χ0v) is 12.7. The maximum Gasteiger partial charge on any atom is 0.0580 e.